The first kappa shape index (κ1) is 13.4. The molecule has 0 aromatic heterocycles. The Morgan fingerprint density at radius 3 is 2.94 bits per heavy atom. The van der Waals surface area contributed by atoms with Crippen molar-refractivity contribution in [3.05, 3.63) is 29.8 Å². The minimum absolute atomic E-state index is 0.0184. The van der Waals surface area contributed by atoms with Gasteiger partial charge in [0.2, 0.25) is 5.91 Å². The summed E-state index contributed by atoms with van der Waals surface area (Å²) in [4.78, 5) is 13.2. The van der Waals surface area contributed by atoms with Crippen LogP contribution in [0.5, 0.6) is 0 Å². The van der Waals surface area contributed by atoms with Crippen molar-refractivity contribution in [1.82, 2.24) is 5.32 Å². The number of carbonyl (C=O) groups excluding carboxylic acids is 1. The van der Waals surface area contributed by atoms with E-state index in [9.17, 15) is 9.90 Å². The lowest BCUT2D eigenvalue weighted by Crippen LogP contribution is -2.43. The second-order valence-electron chi connectivity index (χ2n) is 4.99. The molecule has 1 heterocycles. The molecule has 1 aliphatic heterocycles. The summed E-state index contributed by atoms with van der Waals surface area (Å²) in [7, 11) is 0. The second-order valence-corrected chi connectivity index (χ2v) is 6.23. The molecule has 0 bridgehead atoms. The van der Waals surface area contributed by atoms with E-state index < -0.39 is 5.60 Å². The van der Waals surface area contributed by atoms with Gasteiger partial charge < -0.3 is 10.4 Å². The van der Waals surface area contributed by atoms with Gasteiger partial charge in [-0.3, -0.25) is 4.79 Å². The van der Waals surface area contributed by atoms with Gasteiger partial charge in [0, 0.05) is 11.4 Å². The molecule has 0 radical (unpaired) electrons. The average Bonchev–Trinajstić information content (AvgIpc) is 2.80. The quantitative estimate of drug-likeness (QED) is 0.875. The normalized spacial score (nSPS) is 21.2. The van der Waals surface area contributed by atoms with Gasteiger partial charge in [-0.2, -0.15) is 0 Å². The van der Waals surface area contributed by atoms with Crippen LogP contribution in [-0.4, -0.2) is 28.4 Å². The molecule has 0 saturated carbocycles. The molecule has 2 atom stereocenters. The van der Waals surface area contributed by atoms with Gasteiger partial charge in [-0.1, -0.05) is 25.1 Å². The molecule has 4 heteroatoms. The maximum absolute atomic E-state index is 12.0. The number of carbonyl (C=O) groups is 1. The molecule has 18 heavy (non-hydrogen) atoms. The van der Waals surface area contributed by atoms with E-state index in [0.717, 1.165) is 6.42 Å². The summed E-state index contributed by atoms with van der Waals surface area (Å²) in [6.45, 7) is 3.96. The SMILES string of the molecule is CCC(C)(O)CNC(=O)C1Cc2ccccc2S1. The molecule has 0 saturated heterocycles. The van der Waals surface area contributed by atoms with Gasteiger partial charge in [-0.25, -0.2) is 0 Å². The fourth-order valence-corrected chi connectivity index (χ4v) is 3.06. The van der Waals surface area contributed by atoms with Gasteiger partial charge in [0.05, 0.1) is 10.9 Å². The number of thioether (sulfide) groups is 1. The van der Waals surface area contributed by atoms with Crippen LogP contribution in [0.1, 0.15) is 25.8 Å². The van der Waals surface area contributed by atoms with Gasteiger partial charge in [0.25, 0.3) is 0 Å². The van der Waals surface area contributed by atoms with E-state index in [1.165, 1.54) is 10.5 Å². The van der Waals surface area contributed by atoms with Gasteiger partial charge in [-0.15, -0.1) is 11.8 Å². The summed E-state index contributed by atoms with van der Waals surface area (Å²) >= 11 is 1.61. The lowest BCUT2D eigenvalue weighted by Gasteiger charge is -2.22. The number of rotatable bonds is 4. The summed E-state index contributed by atoms with van der Waals surface area (Å²) in [5.41, 5.74) is 0.427. The molecule has 0 aliphatic carbocycles. The monoisotopic (exact) mass is 265 g/mol. The largest absolute Gasteiger partial charge is 0.388 e. The average molecular weight is 265 g/mol. The number of benzene rings is 1. The molecule has 98 valence electrons. The van der Waals surface area contributed by atoms with Crippen LogP contribution in [-0.2, 0) is 11.2 Å². The van der Waals surface area contributed by atoms with Gasteiger partial charge in [-0.05, 0) is 31.4 Å². The molecule has 0 spiro atoms. The summed E-state index contributed by atoms with van der Waals surface area (Å²) in [5, 5.41) is 12.6. The van der Waals surface area contributed by atoms with E-state index in [2.05, 4.69) is 17.4 Å². The van der Waals surface area contributed by atoms with Gasteiger partial charge in [0.1, 0.15) is 0 Å². The smallest absolute Gasteiger partial charge is 0.233 e. The third-order valence-electron chi connectivity index (χ3n) is 3.34. The maximum Gasteiger partial charge on any atom is 0.233 e. The Labute approximate surface area is 112 Å². The van der Waals surface area contributed by atoms with Crippen LogP contribution in [0.3, 0.4) is 0 Å². The van der Waals surface area contributed by atoms with Crippen LogP contribution in [0.4, 0.5) is 0 Å². The van der Waals surface area contributed by atoms with E-state index in [4.69, 9.17) is 0 Å². The third kappa shape index (κ3) is 3.06. The number of hydrogen-bond donors (Lipinski definition) is 2. The Morgan fingerprint density at radius 1 is 1.56 bits per heavy atom. The van der Waals surface area contributed by atoms with Gasteiger partial charge in [0.15, 0.2) is 0 Å². The van der Waals surface area contributed by atoms with Crippen molar-refractivity contribution in [3.63, 3.8) is 0 Å². The highest BCUT2D eigenvalue weighted by Gasteiger charge is 2.29. The topological polar surface area (TPSA) is 49.3 Å². The van der Waals surface area contributed by atoms with E-state index in [1.807, 2.05) is 19.1 Å². The molecule has 0 fully saturated rings. The first-order valence-corrected chi connectivity index (χ1v) is 7.14. The zero-order chi connectivity index (χ0) is 13.2. The van der Waals surface area contributed by atoms with Crippen LogP contribution in [0.2, 0.25) is 0 Å². The summed E-state index contributed by atoms with van der Waals surface area (Å²) in [5.74, 6) is 0.0184. The van der Waals surface area contributed by atoms with Crippen LogP contribution >= 0.6 is 11.8 Å². The number of nitrogens with one attached hydrogen (secondary N) is 1. The first-order valence-electron chi connectivity index (χ1n) is 6.26. The molecule has 3 nitrogen and oxygen atoms in total. The van der Waals surface area contributed by atoms with E-state index in [-0.39, 0.29) is 11.2 Å². The highest BCUT2D eigenvalue weighted by atomic mass is 32.2. The van der Waals surface area contributed by atoms with Crippen molar-refractivity contribution >= 4 is 17.7 Å². The fraction of sp³-hybridized carbons (Fsp3) is 0.500. The molecule has 1 amide bonds. The zero-order valence-corrected chi connectivity index (χ0v) is 11.6. The van der Waals surface area contributed by atoms with Crippen molar-refractivity contribution in [2.45, 2.75) is 42.4 Å². The van der Waals surface area contributed by atoms with Crippen LogP contribution in [0, 0.1) is 0 Å². The lowest BCUT2D eigenvalue weighted by molar-refractivity contribution is -0.121. The Hall–Kier alpha value is -1.00. The fourth-order valence-electron chi connectivity index (χ4n) is 1.84. The molecular weight excluding hydrogens is 246 g/mol. The van der Waals surface area contributed by atoms with Crippen molar-refractivity contribution in [2.75, 3.05) is 6.54 Å². The van der Waals surface area contributed by atoms with E-state index in [1.54, 1.807) is 18.7 Å². The highest BCUT2D eigenvalue weighted by molar-refractivity contribution is 8.01. The molecular formula is C14H19NO2S. The third-order valence-corrected chi connectivity index (χ3v) is 4.66. The molecule has 1 aromatic carbocycles. The lowest BCUT2D eigenvalue weighted by atomic mass is 10.0. The minimum Gasteiger partial charge on any atom is -0.388 e. The van der Waals surface area contributed by atoms with Crippen molar-refractivity contribution in [3.8, 4) is 0 Å². The predicted octanol–water partition coefficient (Wildman–Crippen LogP) is 1.98. The van der Waals surface area contributed by atoms with E-state index >= 15 is 0 Å². The Balaban J connectivity index is 1.90. The Morgan fingerprint density at radius 2 is 2.28 bits per heavy atom. The standard InChI is InChI=1S/C14H19NO2S/c1-3-14(2,17)9-15-13(16)12-8-10-6-4-5-7-11(10)18-12/h4-7,12,17H,3,8-9H2,1-2H3,(H,15,16). The van der Waals surface area contributed by atoms with E-state index in [0.29, 0.717) is 13.0 Å². The Bertz CT molecular complexity index is 420. The summed E-state index contributed by atoms with van der Waals surface area (Å²) in [6, 6.07) is 8.11. The summed E-state index contributed by atoms with van der Waals surface area (Å²) in [6.07, 6.45) is 1.41. The number of fused-ring (bicyclic) bond motifs is 1. The maximum atomic E-state index is 12.0. The molecule has 2 rings (SSSR count). The zero-order valence-electron chi connectivity index (χ0n) is 10.8. The molecule has 1 aromatic rings. The number of amides is 1. The molecule has 2 unspecified atom stereocenters. The second kappa shape index (κ2) is 5.33. The Kier molecular flexibility index (Phi) is 3.97. The van der Waals surface area contributed by atoms with Gasteiger partial charge >= 0.3 is 0 Å². The van der Waals surface area contributed by atoms with Crippen molar-refractivity contribution in [1.29, 1.82) is 0 Å². The van der Waals surface area contributed by atoms with Crippen molar-refractivity contribution < 1.29 is 9.90 Å². The predicted molar refractivity (Wildman–Crippen MR) is 73.7 cm³/mol. The highest BCUT2D eigenvalue weighted by Crippen LogP contribution is 2.36. The molecule has 1 aliphatic rings. The van der Waals surface area contributed by atoms with Crippen LogP contribution < -0.4 is 5.32 Å². The molecule has 2 N–H and O–H groups in total. The van der Waals surface area contributed by atoms with Crippen LogP contribution in [0.25, 0.3) is 0 Å². The minimum atomic E-state index is -0.814. The first-order chi connectivity index (χ1) is 8.52. The van der Waals surface area contributed by atoms with Crippen molar-refractivity contribution in [2.24, 2.45) is 0 Å². The number of aliphatic hydroxyl groups is 1. The summed E-state index contributed by atoms with van der Waals surface area (Å²) < 4.78 is 0. The van der Waals surface area contributed by atoms with Crippen LogP contribution in [0.15, 0.2) is 29.2 Å². The number of hydrogen-bond acceptors (Lipinski definition) is 3.